The lowest BCUT2D eigenvalue weighted by atomic mass is 10.2. The number of rotatable bonds is 5. The van der Waals surface area contributed by atoms with Gasteiger partial charge in [-0.2, -0.15) is 0 Å². The Morgan fingerprint density at radius 3 is 2.59 bits per heavy atom. The number of carbonyl (C=O) groups is 1. The quantitative estimate of drug-likeness (QED) is 0.605. The van der Waals surface area contributed by atoms with Gasteiger partial charge in [-0.25, -0.2) is 13.6 Å². The minimum atomic E-state index is -3.48. The fourth-order valence-corrected chi connectivity index (χ4v) is 1.96. The molecule has 8 heteroatoms. The second kappa shape index (κ2) is 6.29. The molecule has 0 aliphatic carbocycles. The molecular weight excluding hydrogens is 246 g/mol. The second-order valence-electron chi connectivity index (χ2n) is 3.98. The molecule has 1 atom stereocenters. The van der Waals surface area contributed by atoms with Crippen molar-refractivity contribution < 1.29 is 17.9 Å². The first-order valence-corrected chi connectivity index (χ1v) is 7.22. The third-order valence-electron chi connectivity index (χ3n) is 2.53. The summed E-state index contributed by atoms with van der Waals surface area (Å²) < 4.78 is 26.6. The molecule has 1 aliphatic heterocycles. The molecule has 3 N–H and O–H groups in total. The highest BCUT2D eigenvalue weighted by molar-refractivity contribution is 7.89. The molecule has 1 rings (SSSR count). The molecule has 0 spiro atoms. The Balaban J connectivity index is 2.31. The summed E-state index contributed by atoms with van der Waals surface area (Å²) in [5.41, 5.74) is 0. The smallest absolute Gasteiger partial charge is 0.239 e. The van der Waals surface area contributed by atoms with E-state index in [9.17, 15) is 13.2 Å². The van der Waals surface area contributed by atoms with Crippen LogP contribution in [0.25, 0.3) is 0 Å². The van der Waals surface area contributed by atoms with Crippen molar-refractivity contribution in [3.63, 3.8) is 0 Å². The fraction of sp³-hybridized carbons (Fsp3) is 0.889. The minimum Gasteiger partial charge on any atom is -0.378 e. The van der Waals surface area contributed by atoms with Gasteiger partial charge in [-0.1, -0.05) is 0 Å². The molecule has 1 aliphatic rings. The Kier molecular flexibility index (Phi) is 5.31. The van der Waals surface area contributed by atoms with E-state index in [1.54, 1.807) is 11.8 Å². The number of nitrogens with zero attached hydrogens (tertiary/aromatic N) is 1. The number of ether oxygens (including phenoxy) is 1. The third-order valence-corrected chi connectivity index (χ3v) is 3.30. The number of nitrogens with one attached hydrogen (secondary N) is 1. The molecule has 0 bridgehead atoms. The Hall–Kier alpha value is -0.700. The summed E-state index contributed by atoms with van der Waals surface area (Å²) in [7, 11) is -3.48. The van der Waals surface area contributed by atoms with Gasteiger partial charge in [0.15, 0.2) is 0 Å². The largest absolute Gasteiger partial charge is 0.378 e. The zero-order valence-electron chi connectivity index (χ0n) is 9.89. The topological polar surface area (TPSA) is 102 Å². The van der Waals surface area contributed by atoms with Crippen LogP contribution in [0.5, 0.6) is 0 Å². The van der Waals surface area contributed by atoms with E-state index in [0.717, 1.165) is 0 Å². The van der Waals surface area contributed by atoms with Crippen molar-refractivity contribution in [1.29, 1.82) is 0 Å². The molecule has 1 fully saturated rings. The van der Waals surface area contributed by atoms with Gasteiger partial charge in [0.25, 0.3) is 0 Å². The maximum Gasteiger partial charge on any atom is 0.239 e. The number of sulfonamides is 1. The number of primary sulfonamides is 1. The molecule has 17 heavy (non-hydrogen) atoms. The van der Waals surface area contributed by atoms with Crippen LogP contribution in [0.1, 0.15) is 6.92 Å². The van der Waals surface area contributed by atoms with Crippen LogP contribution in [-0.4, -0.2) is 63.9 Å². The second-order valence-corrected chi connectivity index (χ2v) is 5.71. The molecule has 0 saturated carbocycles. The van der Waals surface area contributed by atoms with Gasteiger partial charge in [-0.15, -0.1) is 0 Å². The van der Waals surface area contributed by atoms with Crippen LogP contribution in [0.4, 0.5) is 0 Å². The summed E-state index contributed by atoms with van der Waals surface area (Å²) in [6.07, 6.45) is 0. The minimum absolute atomic E-state index is 0.0391. The highest BCUT2D eigenvalue weighted by atomic mass is 32.2. The van der Waals surface area contributed by atoms with Crippen LogP contribution in [0.15, 0.2) is 0 Å². The first kappa shape index (κ1) is 14.4. The van der Waals surface area contributed by atoms with E-state index < -0.39 is 16.1 Å². The van der Waals surface area contributed by atoms with Crippen molar-refractivity contribution in [1.82, 2.24) is 10.2 Å². The number of morpholine rings is 1. The summed E-state index contributed by atoms with van der Waals surface area (Å²) in [4.78, 5) is 13.6. The van der Waals surface area contributed by atoms with Gasteiger partial charge in [0.2, 0.25) is 15.9 Å². The highest BCUT2D eigenvalue weighted by Gasteiger charge is 2.22. The van der Waals surface area contributed by atoms with E-state index in [4.69, 9.17) is 9.88 Å². The third kappa shape index (κ3) is 5.44. The van der Waals surface area contributed by atoms with E-state index in [-0.39, 0.29) is 18.2 Å². The molecular formula is C9H19N3O4S. The normalized spacial score (nSPS) is 19.1. The lowest BCUT2D eigenvalue weighted by molar-refractivity contribution is -0.137. The van der Waals surface area contributed by atoms with E-state index >= 15 is 0 Å². The molecule has 0 aromatic carbocycles. The Bertz CT molecular complexity index is 351. The van der Waals surface area contributed by atoms with Gasteiger partial charge in [-0.3, -0.25) is 4.79 Å². The Morgan fingerprint density at radius 2 is 2.06 bits per heavy atom. The van der Waals surface area contributed by atoms with E-state index in [1.165, 1.54) is 0 Å². The summed E-state index contributed by atoms with van der Waals surface area (Å²) in [6, 6.07) is -0.408. The first-order valence-electron chi connectivity index (χ1n) is 5.50. The van der Waals surface area contributed by atoms with Gasteiger partial charge in [0.05, 0.1) is 25.0 Å². The van der Waals surface area contributed by atoms with Crippen LogP contribution < -0.4 is 10.5 Å². The average molecular weight is 265 g/mol. The van der Waals surface area contributed by atoms with Crippen molar-refractivity contribution >= 4 is 15.9 Å². The van der Waals surface area contributed by atoms with Crippen LogP contribution in [0.2, 0.25) is 0 Å². The van der Waals surface area contributed by atoms with Crippen LogP contribution in [0.3, 0.4) is 0 Å². The first-order chi connectivity index (χ1) is 7.90. The summed E-state index contributed by atoms with van der Waals surface area (Å²) >= 11 is 0. The SMILES string of the molecule is CC(NCCS(N)(=O)=O)C(=O)N1CCOCC1. The number of nitrogens with two attached hydrogens (primary N) is 1. The number of hydrogen-bond donors (Lipinski definition) is 2. The van der Waals surface area contributed by atoms with Crippen molar-refractivity contribution in [2.24, 2.45) is 5.14 Å². The maximum absolute atomic E-state index is 11.9. The van der Waals surface area contributed by atoms with Gasteiger partial charge < -0.3 is 15.0 Å². The molecule has 100 valence electrons. The summed E-state index contributed by atoms with van der Waals surface area (Å²) in [5.74, 6) is -0.212. The maximum atomic E-state index is 11.9. The molecule has 0 aromatic rings. The van der Waals surface area contributed by atoms with Gasteiger partial charge >= 0.3 is 0 Å². The van der Waals surface area contributed by atoms with Crippen LogP contribution in [0, 0.1) is 0 Å². The highest BCUT2D eigenvalue weighted by Crippen LogP contribution is 2.00. The Labute approximate surface area is 101 Å². The molecule has 0 aromatic heterocycles. The molecule has 1 unspecified atom stereocenters. The zero-order valence-corrected chi connectivity index (χ0v) is 10.7. The van der Waals surface area contributed by atoms with Crippen LogP contribution in [-0.2, 0) is 19.6 Å². The van der Waals surface area contributed by atoms with E-state index in [0.29, 0.717) is 26.3 Å². The van der Waals surface area contributed by atoms with Gasteiger partial charge in [-0.05, 0) is 6.92 Å². The molecule has 1 heterocycles. The van der Waals surface area contributed by atoms with Crippen LogP contribution >= 0.6 is 0 Å². The van der Waals surface area contributed by atoms with Crippen molar-refractivity contribution in [2.75, 3.05) is 38.6 Å². The molecule has 0 radical (unpaired) electrons. The van der Waals surface area contributed by atoms with E-state index in [1.807, 2.05) is 0 Å². The molecule has 1 saturated heterocycles. The standard InChI is InChI=1S/C9H19N3O4S/c1-8(11-2-7-17(10,14)15)9(13)12-3-5-16-6-4-12/h8,11H,2-7H2,1H3,(H2,10,14,15). The lowest BCUT2D eigenvalue weighted by Crippen LogP contribution is -2.50. The van der Waals surface area contributed by atoms with Crippen molar-refractivity contribution in [3.05, 3.63) is 0 Å². The van der Waals surface area contributed by atoms with Crippen molar-refractivity contribution in [3.8, 4) is 0 Å². The fourth-order valence-electron chi connectivity index (χ4n) is 1.56. The van der Waals surface area contributed by atoms with Crippen molar-refractivity contribution in [2.45, 2.75) is 13.0 Å². The zero-order chi connectivity index (χ0) is 12.9. The van der Waals surface area contributed by atoms with E-state index in [2.05, 4.69) is 5.32 Å². The molecule has 1 amide bonds. The molecule has 7 nitrogen and oxygen atoms in total. The lowest BCUT2D eigenvalue weighted by Gasteiger charge is -2.29. The average Bonchev–Trinajstić information content (AvgIpc) is 2.27. The number of carbonyl (C=O) groups excluding carboxylic acids is 1. The summed E-state index contributed by atoms with van der Waals surface area (Å²) in [6.45, 7) is 4.16. The van der Waals surface area contributed by atoms with Gasteiger partial charge in [0, 0.05) is 19.6 Å². The van der Waals surface area contributed by atoms with Gasteiger partial charge in [0.1, 0.15) is 0 Å². The summed E-state index contributed by atoms with van der Waals surface area (Å²) in [5, 5.41) is 7.71. The predicted molar refractivity (Wildman–Crippen MR) is 62.8 cm³/mol. The predicted octanol–water partition coefficient (Wildman–Crippen LogP) is -1.89. The monoisotopic (exact) mass is 265 g/mol. The Morgan fingerprint density at radius 1 is 1.47 bits per heavy atom. The number of amides is 1. The number of hydrogen-bond acceptors (Lipinski definition) is 5.